The van der Waals surface area contributed by atoms with E-state index in [9.17, 15) is 22.8 Å². The van der Waals surface area contributed by atoms with Gasteiger partial charge in [-0.05, 0) is 63.1 Å². The van der Waals surface area contributed by atoms with E-state index in [4.69, 9.17) is 10.5 Å². The molecule has 192 valence electrons. The molecule has 0 aliphatic carbocycles. The minimum absolute atomic E-state index is 0. The molecule has 2 aromatic carbocycles. The molecule has 1 aliphatic rings. The van der Waals surface area contributed by atoms with Gasteiger partial charge < -0.3 is 15.8 Å². The van der Waals surface area contributed by atoms with E-state index in [1.165, 1.54) is 12.1 Å². The molecule has 6 nitrogen and oxygen atoms in total. The number of hydrogen-bond donors (Lipinski definition) is 2. The lowest BCUT2D eigenvalue weighted by atomic mass is 9.97. The lowest BCUT2D eigenvalue weighted by Gasteiger charge is -2.35. The molecule has 0 aromatic heterocycles. The van der Waals surface area contributed by atoms with Crippen LogP contribution in [0, 0.1) is 0 Å². The number of ether oxygens (including phenoxy) is 1. The van der Waals surface area contributed by atoms with Gasteiger partial charge in [-0.25, -0.2) is 0 Å². The molecule has 1 saturated heterocycles. The largest absolute Gasteiger partial charge is 0.489 e. The zero-order valence-corrected chi connectivity index (χ0v) is 20.7. The third-order valence-corrected chi connectivity index (χ3v) is 6.13. The van der Waals surface area contributed by atoms with Crippen molar-refractivity contribution in [3.05, 3.63) is 65.2 Å². The third kappa shape index (κ3) is 7.60. The van der Waals surface area contributed by atoms with Gasteiger partial charge in [0.15, 0.2) is 0 Å². The first-order valence-corrected chi connectivity index (χ1v) is 11.1. The fraction of sp³-hybridized carbons (Fsp3) is 0.440. The Bertz CT molecular complexity index is 1030. The van der Waals surface area contributed by atoms with E-state index >= 15 is 0 Å². The second-order valence-corrected chi connectivity index (χ2v) is 9.26. The van der Waals surface area contributed by atoms with Crippen molar-refractivity contribution in [2.45, 2.75) is 57.5 Å². The van der Waals surface area contributed by atoms with Gasteiger partial charge in [-0.3, -0.25) is 14.5 Å². The molecule has 2 amide bonds. The molecular formula is C25H31ClF3N3O3. The number of amides is 2. The summed E-state index contributed by atoms with van der Waals surface area (Å²) in [5.74, 6) is -0.446. The highest BCUT2D eigenvalue weighted by Crippen LogP contribution is 2.33. The van der Waals surface area contributed by atoms with Gasteiger partial charge in [0.25, 0.3) is 0 Å². The summed E-state index contributed by atoms with van der Waals surface area (Å²) in [6.07, 6.45) is -3.78. The lowest BCUT2D eigenvalue weighted by Crippen LogP contribution is -2.46. The molecule has 2 aromatic rings. The quantitative estimate of drug-likeness (QED) is 0.534. The number of primary amides is 1. The maximum atomic E-state index is 12.9. The Morgan fingerprint density at radius 3 is 2.43 bits per heavy atom. The van der Waals surface area contributed by atoms with E-state index in [2.05, 4.69) is 10.2 Å². The Labute approximate surface area is 209 Å². The number of alkyl halides is 3. The summed E-state index contributed by atoms with van der Waals surface area (Å²) >= 11 is 0. The number of nitrogens with two attached hydrogens (primary N) is 1. The molecule has 2 atom stereocenters. The molecule has 1 aliphatic heterocycles. The summed E-state index contributed by atoms with van der Waals surface area (Å²) in [7, 11) is 0. The van der Waals surface area contributed by atoms with Crippen molar-refractivity contribution in [1.29, 1.82) is 0 Å². The molecule has 10 heteroatoms. The van der Waals surface area contributed by atoms with Gasteiger partial charge in [0.05, 0.1) is 11.6 Å². The Morgan fingerprint density at radius 2 is 1.83 bits per heavy atom. The van der Waals surface area contributed by atoms with Crippen LogP contribution in [0.25, 0.3) is 0 Å². The van der Waals surface area contributed by atoms with Crippen molar-refractivity contribution in [1.82, 2.24) is 10.2 Å². The molecule has 0 bridgehead atoms. The van der Waals surface area contributed by atoms with Gasteiger partial charge in [-0.1, -0.05) is 18.2 Å². The highest BCUT2D eigenvalue weighted by atomic mass is 35.5. The van der Waals surface area contributed by atoms with Gasteiger partial charge >= 0.3 is 6.18 Å². The zero-order chi connectivity index (χ0) is 25.1. The first-order valence-electron chi connectivity index (χ1n) is 11.1. The van der Waals surface area contributed by atoms with E-state index in [1.807, 2.05) is 20.8 Å². The van der Waals surface area contributed by atoms with Gasteiger partial charge in [0, 0.05) is 30.6 Å². The number of nitrogens with zero attached hydrogens (tertiary/aromatic N) is 1. The molecule has 0 spiro atoms. The van der Waals surface area contributed by atoms with E-state index in [-0.39, 0.29) is 42.6 Å². The van der Waals surface area contributed by atoms with Crippen molar-refractivity contribution in [2.24, 2.45) is 5.73 Å². The Hall–Kier alpha value is -2.78. The van der Waals surface area contributed by atoms with Crippen molar-refractivity contribution >= 4 is 24.2 Å². The minimum Gasteiger partial charge on any atom is -0.489 e. The zero-order valence-electron chi connectivity index (χ0n) is 19.9. The second kappa shape index (κ2) is 11.3. The number of halogens is 4. The second-order valence-electron chi connectivity index (χ2n) is 9.26. The standard InChI is InChI=1S/C25H30F3N3O3.ClH/c1-16(17-7-9-18(10-8-17)23(29)33)30-22(32)14-24(2,3)31-12-11-21(15-31)34-20-6-4-5-19(13-20)25(26,27)28;/h4-10,13,16,21H,11-12,14-15H2,1-3H3,(H2,29,33)(H,30,32);1H/t16-,21+;/m0./s1. The molecule has 0 saturated carbocycles. The summed E-state index contributed by atoms with van der Waals surface area (Å²) in [5.41, 5.74) is 5.31. The van der Waals surface area contributed by atoms with Crippen LogP contribution in [-0.2, 0) is 11.0 Å². The van der Waals surface area contributed by atoms with Crippen LogP contribution in [0.4, 0.5) is 13.2 Å². The van der Waals surface area contributed by atoms with E-state index in [0.717, 1.165) is 17.7 Å². The van der Waals surface area contributed by atoms with Crippen molar-refractivity contribution < 1.29 is 27.5 Å². The van der Waals surface area contributed by atoms with Crippen LogP contribution >= 0.6 is 12.4 Å². The van der Waals surface area contributed by atoms with Gasteiger partial charge in [-0.15, -0.1) is 12.4 Å². The van der Waals surface area contributed by atoms with Gasteiger partial charge in [0.2, 0.25) is 11.8 Å². The summed E-state index contributed by atoms with van der Waals surface area (Å²) in [4.78, 5) is 26.1. The molecule has 3 N–H and O–H groups in total. The Morgan fingerprint density at radius 1 is 1.17 bits per heavy atom. The molecular weight excluding hydrogens is 483 g/mol. The third-order valence-electron chi connectivity index (χ3n) is 6.13. The van der Waals surface area contributed by atoms with Crippen LogP contribution in [0.1, 0.15) is 61.1 Å². The lowest BCUT2D eigenvalue weighted by molar-refractivity contribution is -0.137. The molecule has 0 radical (unpaired) electrons. The van der Waals surface area contributed by atoms with Crippen LogP contribution < -0.4 is 15.8 Å². The number of hydrogen-bond acceptors (Lipinski definition) is 4. The topological polar surface area (TPSA) is 84.7 Å². The predicted molar refractivity (Wildman–Crippen MR) is 130 cm³/mol. The van der Waals surface area contributed by atoms with Crippen LogP contribution in [-0.4, -0.2) is 41.4 Å². The number of carbonyl (C=O) groups is 2. The summed E-state index contributed by atoms with van der Waals surface area (Å²) in [5, 5.41) is 2.98. The van der Waals surface area contributed by atoms with Crippen LogP contribution in [0.5, 0.6) is 5.75 Å². The van der Waals surface area contributed by atoms with Crippen LogP contribution in [0.15, 0.2) is 48.5 Å². The summed E-state index contributed by atoms with van der Waals surface area (Å²) in [6.45, 7) is 6.98. The maximum Gasteiger partial charge on any atom is 0.416 e. The summed E-state index contributed by atoms with van der Waals surface area (Å²) < 4.78 is 44.7. The Balaban J connectivity index is 0.00000432. The molecule has 35 heavy (non-hydrogen) atoms. The SMILES string of the molecule is C[C@H](NC(=O)CC(C)(C)N1CC[C@@H](Oc2cccc(C(F)(F)F)c2)C1)c1ccc(C(N)=O)cc1.Cl. The van der Waals surface area contributed by atoms with E-state index in [1.54, 1.807) is 24.3 Å². The average Bonchev–Trinajstić information content (AvgIpc) is 3.22. The molecule has 1 heterocycles. The van der Waals surface area contributed by atoms with Gasteiger partial charge in [-0.2, -0.15) is 13.2 Å². The van der Waals surface area contributed by atoms with Crippen molar-refractivity contribution in [2.75, 3.05) is 13.1 Å². The maximum absolute atomic E-state index is 12.9. The highest BCUT2D eigenvalue weighted by Gasteiger charge is 2.36. The normalized spacial score (nSPS) is 17.4. The first-order chi connectivity index (χ1) is 15.8. The number of rotatable bonds is 8. The average molecular weight is 514 g/mol. The molecule has 0 unspecified atom stereocenters. The van der Waals surface area contributed by atoms with Gasteiger partial charge in [0.1, 0.15) is 11.9 Å². The first kappa shape index (κ1) is 28.5. The number of likely N-dealkylation sites (tertiary alicyclic amines) is 1. The fourth-order valence-corrected chi connectivity index (χ4v) is 4.13. The van der Waals surface area contributed by atoms with Crippen molar-refractivity contribution in [3.8, 4) is 5.75 Å². The van der Waals surface area contributed by atoms with E-state index in [0.29, 0.717) is 25.1 Å². The van der Waals surface area contributed by atoms with Crippen molar-refractivity contribution in [3.63, 3.8) is 0 Å². The number of nitrogens with one attached hydrogen (secondary N) is 1. The monoisotopic (exact) mass is 513 g/mol. The molecule has 3 rings (SSSR count). The number of carbonyl (C=O) groups excluding carboxylic acids is 2. The summed E-state index contributed by atoms with van der Waals surface area (Å²) in [6, 6.07) is 11.4. The van der Waals surface area contributed by atoms with E-state index < -0.39 is 23.2 Å². The van der Waals surface area contributed by atoms with Crippen LogP contribution in [0.2, 0.25) is 0 Å². The smallest absolute Gasteiger partial charge is 0.416 e. The van der Waals surface area contributed by atoms with Crippen LogP contribution in [0.3, 0.4) is 0 Å². The minimum atomic E-state index is -4.42. The predicted octanol–water partition coefficient (Wildman–Crippen LogP) is 4.73. The fourth-order valence-electron chi connectivity index (χ4n) is 4.13. The molecule has 1 fully saturated rings. The Kier molecular flexibility index (Phi) is 9.19. The highest BCUT2D eigenvalue weighted by molar-refractivity contribution is 5.92. The number of benzene rings is 2.